The Morgan fingerprint density at radius 1 is 1.22 bits per heavy atom. The molecule has 1 aromatic carbocycles. The van der Waals surface area contributed by atoms with Crippen LogP contribution in [0.1, 0.15) is 31.2 Å². The van der Waals surface area contributed by atoms with Gasteiger partial charge in [-0.2, -0.15) is 0 Å². The van der Waals surface area contributed by atoms with Gasteiger partial charge in [0.15, 0.2) is 0 Å². The number of nitrogens with two attached hydrogens (primary N) is 1. The van der Waals surface area contributed by atoms with E-state index in [9.17, 15) is 4.79 Å². The zero-order valence-corrected chi connectivity index (χ0v) is 10.8. The van der Waals surface area contributed by atoms with Crippen LogP contribution in [0.15, 0.2) is 30.3 Å². The Morgan fingerprint density at radius 2 is 1.94 bits per heavy atom. The molecule has 0 heterocycles. The van der Waals surface area contributed by atoms with Gasteiger partial charge in [0.2, 0.25) is 5.91 Å². The molecule has 1 aliphatic carbocycles. The summed E-state index contributed by atoms with van der Waals surface area (Å²) in [5, 5.41) is 3.07. The van der Waals surface area contributed by atoms with Crippen molar-refractivity contribution in [2.24, 2.45) is 11.7 Å². The Balaban J connectivity index is 1.97. The summed E-state index contributed by atoms with van der Waals surface area (Å²) in [6.07, 6.45) is 5.82. The van der Waals surface area contributed by atoms with Crippen LogP contribution in [0.4, 0.5) is 0 Å². The first kappa shape index (κ1) is 13.1. The van der Waals surface area contributed by atoms with Gasteiger partial charge in [0.25, 0.3) is 0 Å². The first-order valence-corrected chi connectivity index (χ1v) is 6.83. The van der Waals surface area contributed by atoms with Crippen molar-refractivity contribution in [1.82, 2.24) is 5.32 Å². The maximum Gasteiger partial charge on any atom is 0.233 e. The predicted octanol–water partition coefficient (Wildman–Crippen LogP) is 1.86. The van der Waals surface area contributed by atoms with Gasteiger partial charge in [-0.1, -0.05) is 43.2 Å². The van der Waals surface area contributed by atoms with E-state index in [1.807, 2.05) is 6.07 Å². The molecule has 1 fully saturated rings. The summed E-state index contributed by atoms with van der Waals surface area (Å²) in [6, 6.07) is 10.8. The van der Waals surface area contributed by atoms with Gasteiger partial charge in [0.05, 0.1) is 6.54 Å². The number of carbonyl (C=O) groups is 1. The number of benzene rings is 1. The average molecular weight is 246 g/mol. The first-order chi connectivity index (χ1) is 8.79. The second kappa shape index (κ2) is 6.55. The summed E-state index contributed by atoms with van der Waals surface area (Å²) >= 11 is 0. The molecule has 1 aliphatic rings. The summed E-state index contributed by atoms with van der Waals surface area (Å²) in [6.45, 7) is 0.0918. The summed E-state index contributed by atoms with van der Waals surface area (Å²) in [7, 11) is 0. The van der Waals surface area contributed by atoms with Gasteiger partial charge in [-0.05, 0) is 30.7 Å². The van der Waals surface area contributed by atoms with E-state index in [0.29, 0.717) is 12.0 Å². The molecule has 0 aromatic heterocycles. The molecule has 3 heteroatoms. The van der Waals surface area contributed by atoms with E-state index in [4.69, 9.17) is 5.73 Å². The second-order valence-corrected chi connectivity index (χ2v) is 5.11. The molecule has 1 saturated carbocycles. The van der Waals surface area contributed by atoms with Crippen molar-refractivity contribution in [2.75, 3.05) is 6.54 Å². The van der Waals surface area contributed by atoms with Crippen LogP contribution < -0.4 is 11.1 Å². The van der Waals surface area contributed by atoms with Gasteiger partial charge in [-0.15, -0.1) is 0 Å². The Labute approximate surface area is 109 Å². The highest BCUT2D eigenvalue weighted by Crippen LogP contribution is 2.27. The smallest absolute Gasteiger partial charge is 0.233 e. The van der Waals surface area contributed by atoms with E-state index in [-0.39, 0.29) is 12.5 Å². The quantitative estimate of drug-likeness (QED) is 0.852. The third-order valence-corrected chi connectivity index (χ3v) is 3.78. The van der Waals surface area contributed by atoms with Crippen LogP contribution in [0.2, 0.25) is 0 Å². The lowest BCUT2D eigenvalue weighted by Gasteiger charge is -2.32. The zero-order valence-electron chi connectivity index (χ0n) is 10.8. The van der Waals surface area contributed by atoms with E-state index >= 15 is 0 Å². The third-order valence-electron chi connectivity index (χ3n) is 3.78. The van der Waals surface area contributed by atoms with Crippen molar-refractivity contribution in [2.45, 2.75) is 38.1 Å². The van der Waals surface area contributed by atoms with Crippen molar-refractivity contribution in [3.63, 3.8) is 0 Å². The molecular formula is C15H22N2O. The van der Waals surface area contributed by atoms with Crippen molar-refractivity contribution >= 4 is 5.91 Å². The monoisotopic (exact) mass is 246 g/mol. The Kier molecular flexibility index (Phi) is 4.76. The van der Waals surface area contributed by atoms with Gasteiger partial charge in [-0.25, -0.2) is 0 Å². The lowest BCUT2D eigenvalue weighted by atomic mass is 9.80. The highest BCUT2D eigenvalue weighted by Gasteiger charge is 2.26. The Bertz CT molecular complexity index is 377. The molecule has 3 nitrogen and oxygen atoms in total. The maximum atomic E-state index is 11.4. The predicted molar refractivity (Wildman–Crippen MR) is 73.1 cm³/mol. The second-order valence-electron chi connectivity index (χ2n) is 5.11. The number of hydrogen-bond donors (Lipinski definition) is 2. The topological polar surface area (TPSA) is 55.1 Å². The minimum Gasteiger partial charge on any atom is -0.352 e. The fourth-order valence-electron chi connectivity index (χ4n) is 2.82. The lowest BCUT2D eigenvalue weighted by molar-refractivity contribution is -0.121. The fourth-order valence-corrected chi connectivity index (χ4v) is 2.82. The van der Waals surface area contributed by atoms with Gasteiger partial charge < -0.3 is 11.1 Å². The number of rotatable bonds is 4. The molecular weight excluding hydrogens is 224 g/mol. The van der Waals surface area contributed by atoms with Gasteiger partial charge in [0.1, 0.15) is 0 Å². The SMILES string of the molecule is NCC(=O)NC1CCCCC1Cc1ccccc1. The molecule has 1 aromatic rings. The largest absolute Gasteiger partial charge is 0.352 e. The Hall–Kier alpha value is -1.35. The van der Waals surface area contributed by atoms with Crippen LogP contribution in [-0.2, 0) is 11.2 Å². The summed E-state index contributed by atoms with van der Waals surface area (Å²) in [5.74, 6) is 0.525. The number of nitrogens with one attached hydrogen (secondary N) is 1. The summed E-state index contributed by atoms with van der Waals surface area (Å²) in [5.41, 5.74) is 6.73. The summed E-state index contributed by atoms with van der Waals surface area (Å²) < 4.78 is 0. The maximum absolute atomic E-state index is 11.4. The lowest BCUT2D eigenvalue weighted by Crippen LogP contribution is -2.45. The molecule has 3 N–H and O–H groups in total. The molecule has 0 bridgehead atoms. The molecule has 1 amide bonds. The van der Waals surface area contributed by atoms with E-state index < -0.39 is 0 Å². The van der Waals surface area contributed by atoms with E-state index in [1.165, 1.54) is 24.8 Å². The molecule has 2 atom stereocenters. The van der Waals surface area contributed by atoms with Crippen molar-refractivity contribution in [3.05, 3.63) is 35.9 Å². The molecule has 0 aliphatic heterocycles. The van der Waals surface area contributed by atoms with Crippen LogP contribution in [-0.4, -0.2) is 18.5 Å². The molecule has 2 rings (SSSR count). The van der Waals surface area contributed by atoms with Crippen LogP contribution in [0.5, 0.6) is 0 Å². The van der Waals surface area contributed by atoms with Crippen molar-refractivity contribution < 1.29 is 4.79 Å². The van der Waals surface area contributed by atoms with Gasteiger partial charge >= 0.3 is 0 Å². The van der Waals surface area contributed by atoms with Crippen LogP contribution in [0.3, 0.4) is 0 Å². The third kappa shape index (κ3) is 3.57. The van der Waals surface area contributed by atoms with Crippen LogP contribution in [0.25, 0.3) is 0 Å². The molecule has 2 unspecified atom stereocenters. The standard InChI is InChI=1S/C15H22N2O/c16-11-15(18)17-14-9-5-4-8-13(14)10-12-6-2-1-3-7-12/h1-3,6-7,13-14H,4-5,8-11,16H2,(H,17,18). The highest BCUT2D eigenvalue weighted by molar-refractivity contribution is 5.78. The summed E-state index contributed by atoms with van der Waals surface area (Å²) in [4.78, 5) is 11.4. The van der Waals surface area contributed by atoms with E-state index in [2.05, 4.69) is 29.6 Å². The minimum absolute atomic E-state index is 0.0278. The van der Waals surface area contributed by atoms with Crippen molar-refractivity contribution in [3.8, 4) is 0 Å². The molecule has 0 radical (unpaired) electrons. The van der Waals surface area contributed by atoms with E-state index in [0.717, 1.165) is 12.8 Å². The molecule has 0 spiro atoms. The van der Waals surface area contributed by atoms with Gasteiger partial charge in [0, 0.05) is 6.04 Å². The molecule has 18 heavy (non-hydrogen) atoms. The Morgan fingerprint density at radius 3 is 2.67 bits per heavy atom. The highest BCUT2D eigenvalue weighted by atomic mass is 16.1. The van der Waals surface area contributed by atoms with Crippen LogP contribution in [0, 0.1) is 5.92 Å². The first-order valence-electron chi connectivity index (χ1n) is 6.83. The fraction of sp³-hybridized carbons (Fsp3) is 0.533. The number of hydrogen-bond acceptors (Lipinski definition) is 2. The normalized spacial score (nSPS) is 23.6. The zero-order chi connectivity index (χ0) is 12.8. The number of amides is 1. The molecule has 0 saturated heterocycles. The minimum atomic E-state index is -0.0278. The van der Waals surface area contributed by atoms with Crippen LogP contribution >= 0.6 is 0 Å². The van der Waals surface area contributed by atoms with Crippen molar-refractivity contribution in [1.29, 1.82) is 0 Å². The van der Waals surface area contributed by atoms with E-state index in [1.54, 1.807) is 0 Å². The average Bonchev–Trinajstić information content (AvgIpc) is 2.42. The molecule has 98 valence electrons. The van der Waals surface area contributed by atoms with Gasteiger partial charge in [-0.3, -0.25) is 4.79 Å². The number of carbonyl (C=O) groups excluding carboxylic acids is 1.